The molecular formula is C25H37N3O2. The number of ether oxygens (including phenoxy) is 1. The molecule has 1 unspecified atom stereocenters. The fourth-order valence-corrected chi connectivity index (χ4v) is 5.65. The van der Waals surface area contributed by atoms with Crippen molar-refractivity contribution in [3.8, 4) is 0 Å². The number of primary amides is 1. The van der Waals surface area contributed by atoms with Crippen LogP contribution in [0.3, 0.4) is 0 Å². The molecular weight excluding hydrogens is 374 g/mol. The lowest BCUT2D eigenvalue weighted by Gasteiger charge is -2.54. The predicted octanol–water partition coefficient (Wildman–Crippen LogP) is 3.10. The molecule has 164 valence electrons. The molecule has 0 heterocycles. The predicted molar refractivity (Wildman–Crippen MR) is 122 cm³/mol. The van der Waals surface area contributed by atoms with Crippen LogP contribution in [0.1, 0.15) is 45.1 Å². The lowest BCUT2D eigenvalue weighted by Crippen LogP contribution is -2.61. The first-order chi connectivity index (χ1) is 14.4. The minimum absolute atomic E-state index is 0.00775. The second-order valence-corrected chi connectivity index (χ2v) is 8.81. The molecule has 0 bridgehead atoms. The van der Waals surface area contributed by atoms with Gasteiger partial charge in [-0.25, -0.2) is 0 Å². The van der Waals surface area contributed by atoms with Crippen LogP contribution in [0.15, 0.2) is 53.6 Å². The molecule has 1 fully saturated rings. The second kappa shape index (κ2) is 9.90. The van der Waals surface area contributed by atoms with Gasteiger partial charge in [0.25, 0.3) is 0 Å². The van der Waals surface area contributed by atoms with Gasteiger partial charge >= 0.3 is 0 Å². The van der Waals surface area contributed by atoms with Gasteiger partial charge in [0.05, 0.1) is 6.10 Å². The van der Waals surface area contributed by atoms with Crippen molar-refractivity contribution in [2.24, 2.45) is 22.8 Å². The van der Waals surface area contributed by atoms with E-state index in [9.17, 15) is 4.79 Å². The van der Waals surface area contributed by atoms with Gasteiger partial charge in [-0.15, -0.1) is 0 Å². The number of hydrogen-bond acceptors (Lipinski definition) is 4. The Labute approximate surface area is 180 Å². The molecule has 1 saturated carbocycles. The van der Waals surface area contributed by atoms with E-state index in [2.05, 4.69) is 49.5 Å². The number of hydrogen-bond donors (Lipinski definition) is 3. The molecule has 5 nitrogen and oxygen atoms in total. The topological polar surface area (TPSA) is 90.4 Å². The van der Waals surface area contributed by atoms with Crippen molar-refractivity contribution in [3.05, 3.63) is 59.2 Å². The van der Waals surface area contributed by atoms with Crippen molar-refractivity contribution < 1.29 is 9.53 Å². The minimum Gasteiger partial charge on any atom is -0.379 e. The molecule has 4 atom stereocenters. The van der Waals surface area contributed by atoms with Crippen molar-refractivity contribution in [3.63, 3.8) is 0 Å². The summed E-state index contributed by atoms with van der Waals surface area (Å²) in [5.41, 5.74) is 15.5. The Balaban J connectivity index is 1.80. The highest BCUT2D eigenvalue weighted by atomic mass is 16.5. The van der Waals surface area contributed by atoms with E-state index >= 15 is 0 Å². The third-order valence-corrected chi connectivity index (χ3v) is 7.37. The first-order valence-electron chi connectivity index (χ1n) is 11.2. The van der Waals surface area contributed by atoms with Gasteiger partial charge in [0.15, 0.2) is 0 Å². The summed E-state index contributed by atoms with van der Waals surface area (Å²) in [4.78, 5) is 11.9. The molecule has 2 aliphatic carbocycles. The van der Waals surface area contributed by atoms with E-state index in [1.165, 1.54) is 11.1 Å². The van der Waals surface area contributed by atoms with E-state index in [0.29, 0.717) is 12.3 Å². The Morgan fingerprint density at radius 3 is 2.50 bits per heavy atom. The van der Waals surface area contributed by atoms with Gasteiger partial charge in [0, 0.05) is 31.3 Å². The quantitative estimate of drug-likeness (QED) is 0.582. The highest BCUT2D eigenvalue weighted by Crippen LogP contribution is 2.53. The van der Waals surface area contributed by atoms with Crippen LogP contribution in [0.5, 0.6) is 0 Å². The van der Waals surface area contributed by atoms with E-state index in [1.54, 1.807) is 7.11 Å². The van der Waals surface area contributed by atoms with Crippen LogP contribution in [0.2, 0.25) is 0 Å². The Morgan fingerprint density at radius 2 is 1.90 bits per heavy atom. The van der Waals surface area contributed by atoms with Crippen molar-refractivity contribution >= 4 is 5.91 Å². The van der Waals surface area contributed by atoms with Gasteiger partial charge in [-0.2, -0.15) is 0 Å². The van der Waals surface area contributed by atoms with E-state index < -0.39 is 0 Å². The maximum absolute atomic E-state index is 11.9. The molecule has 1 aromatic rings. The summed E-state index contributed by atoms with van der Waals surface area (Å²) in [6, 6.07) is 10.6. The largest absolute Gasteiger partial charge is 0.379 e. The molecule has 2 aliphatic rings. The summed E-state index contributed by atoms with van der Waals surface area (Å²) in [5.74, 6) is -0.0103. The first-order valence-corrected chi connectivity index (χ1v) is 11.2. The Kier molecular flexibility index (Phi) is 7.50. The van der Waals surface area contributed by atoms with Crippen LogP contribution >= 0.6 is 0 Å². The third kappa shape index (κ3) is 4.53. The maximum atomic E-state index is 11.9. The van der Waals surface area contributed by atoms with Crippen molar-refractivity contribution in [1.29, 1.82) is 0 Å². The molecule has 1 amide bonds. The normalized spacial score (nSPS) is 26.3. The number of carbonyl (C=O) groups is 1. The van der Waals surface area contributed by atoms with Gasteiger partial charge in [-0.1, -0.05) is 61.9 Å². The van der Waals surface area contributed by atoms with Crippen LogP contribution in [0.25, 0.3) is 0 Å². The Bertz CT molecular complexity index is 783. The summed E-state index contributed by atoms with van der Waals surface area (Å²) >= 11 is 0. The van der Waals surface area contributed by atoms with E-state index in [-0.39, 0.29) is 29.5 Å². The highest BCUT2D eigenvalue weighted by molar-refractivity contribution is 5.92. The standard InChI is InChI=1S/C25H37N3O2/c1-4-25(5-2)21-14-19(24(27)29)12-11-18(21)15-22(30-3)23(25)28-16-20(26)13-17-9-7-6-8-10-17/h6-12,20-23,28H,4-5,13-16,26H2,1-3H3,(H2,27,29)/t20-,21?,22+,23-/m0/s1. The van der Waals surface area contributed by atoms with Crippen LogP contribution in [0, 0.1) is 11.3 Å². The molecule has 0 radical (unpaired) electrons. The summed E-state index contributed by atoms with van der Waals surface area (Å²) in [5, 5.41) is 3.80. The molecule has 0 aliphatic heterocycles. The number of carbonyl (C=O) groups excluding carboxylic acids is 1. The molecule has 0 saturated heterocycles. The molecule has 0 spiro atoms. The summed E-state index contributed by atoms with van der Waals surface area (Å²) in [6.45, 7) is 5.23. The average molecular weight is 412 g/mol. The number of nitrogens with one attached hydrogen (secondary N) is 1. The van der Waals surface area contributed by atoms with Crippen LogP contribution in [-0.4, -0.2) is 37.7 Å². The number of amides is 1. The molecule has 1 aromatic carbocycles. The number of nitrogens with two attached hydrogens (primary N) is 2. The molecule has 0 aromatic heterocycles. The maximum Gasteiger partial charge on any atom is 0.244 e. The van der Waals surface area contributed by atoms with Gasteiger partial charge in [-0.05, 0) is 49.0 Å². The zero-order valence-corrected chi connectivity index (χ0v) is 18.6. The number of allylic oxidation sites excluding steroid dienone is 2. The Morgan fingerprint density at radius 1 is 1.20 bits per heavy atom. The van der Waals surface area contributed by atoms with Crippen molar-refractivity contribution in [2.45, 2.75) is 64.1 Å². The third-order valence-electron chi connectivity index (χ3n) is 7.37. The first kappa shape index (κ1) is 22.7. The summed E-state index contributed by atoms with van der Waals surface area (Å²) in [7, 11) is 1.80. The zero-order chi connectivity index (χ0) is 21.7. The fourth-order valence-electron chi connectivity index (χ4n) is 5.65. The lowest BCUT2D eigenvalue weighted by atomic mass is 9.55. The number of rotatable bonds is 9. The fraction of sp³-hybridized carbons (Fsp3) is 0.560. The van der Waals surface area contributed by atoms with Crippen LogP contribution < -0.4 is 16.8 Å². The zero-order valence-electron chi connectivity index (χ0n) is 18.6. The molecule has 30 heavy (non-hydrogen) atoms. The second-order valence-electron chi connectivity index (χ2n) is 8.81. The van der Waals surface area contributed by atoms with Gasteiger partial charge in [-0.3, -0.25) is 4.79 Å². The molecule has 5 heteroatoms. The van der Waals surface area contributed by atoms with E-state index in [0.717, 1.165) is 37.8 Å². The Hall–Kier alpha value is -1.95. The summed E-state index contributed by atoms with van der Waals surface area (Å²) < 4.78 is 5.98. The van der Waals surface area contributed by atoms with Gasteiger partial charge in [0.1, 0.15) is 0 Å². The van der Waals surface area contributed by atoms with E-state index in [4.69, 9.17) is 16.2 Å². The monoisotopic (exact) mass is 411 g/mol. The van der Waals surface area contributed by atoms with Crippen molar-refractivity contribution in [1.82, 2.24) is 5.32 Å². The number of benzene rings is 1. The van der Waals surface area contributed by atoms with Crippen LogP contribution in [-0.2, 0) is 16.0 Å². The van der Waals surface area contributed by atoms with Crippen LogP contribution in [0.4, 0.5) is 0 Å². The average Bonchev–Trinajstić information content (AvgIpc) is 2.77. The molecule has 5 N–H and O–H groups in total. The SMILES string of the molecule is CCC1(CC)C2CC(C(N)=O)=CC=C2C[C@@H](OC)[C@@H]1NC[C@@H](N)Cc1ccccc1. The highest BCUT2D eigenvalue weighted by Gasteiger charge is 2.52. The summed E-state index contributed by atoms with van der Waals surface area (Å²) in [6.07, 6.45) is 8.53. The van der Waals surface area contributed by atoms with Gasteiger partial charge in [0.2, 0.25) is 5.91 Å². The van der Waals surface area contributed by atoms with E-state index in [1.807, 2.05) is 12.1 Å². The number of methoxy groups -OCH3 is 1. The smallest absolute Gasteiger partial charge is 0.244 e. The number of fused-ring (bicyclic) bond motifs is 1. The molecule has 3 rings (SSSR count). The van der Waals surface area contributed by atoms with Crippen molar-refractivity contribution in [2.75, 3.05) is 13.7 Å². The van der Waals surface area contributed by atoms with Gasteiger partial charge < -0.3 is 21.5 Å². The minimum atomic E-state index is -0.310. The lowest BCUT2D eigenvalue weighted by molar-refractivity contribution is -0.115.